The maximum atomic E-state index is 7.43. The van der Waals surface area contributed by atoms with Gasteiger partial charge >= 0.3 is 0 Å². The molecule has 0 aromatic rings. The van der Waals surface area contributed by atoms with Gasteiger partial charge in [-0.15, -0.1) is 0 Å². The van der Waals surface area contributed by atoms with Crippen LogP contribution >= 0.6 is 0 Å². The zero-order chi connectivity index (χ0) is 6.69. The second-order valence-electron chi connectivity index (χ2n) is 2.16. The van der Waals surface area contributed by atoms with Gasteiger partial charge < -0.3 is 5.41 Å². The first-order valence-electron chi connectivity index (χ1n) is 3.28. The van der Waals surface area contributed by atoms with Crippen molar-refractivity contribution in [1.82, 2.24) is 0 Å². The molecule has 0 atom stereocenters. The van der Waals surface area contributed by atoms with E-state index in [1.807, 2.05) is 18.2 Å². The number of hydrogen-bond acceptors (Lipinski definition) is 1. The Morgan fingerprint density at radius 1 is 1.67 bits per heavy atom. The van der Waals surface area contributed by atoms with Crippen molar-refractivity contribution in [3.63, 3.8) is 0 Å². The van der Waals surface area contributed by atoms with Crippen LogP contribution in [0.2, 0.25) is 0 Å². The lowest BCUT2D eigenvalue weighted by atomic mass is 10.0. The van der Waals surface area contributed by atoms with Gasteiger partial charge in [-0.3, -0.25) is 0 Å². The summed E-state index contributed by atoms with van der Waals surface area (Å²) in [4.78, 5) is 0. The molecule has 9 heavy (non-hydrogen) atoms. The summed E-state index contributed by atoms with van der Waals surface area (Å²) in [5.74, 6) is 0. The molecule has 1 aliphatic rings. The lowest BCUT2D eigenvalue weighted by Gasteiger charge is -2.06. The van der Waals surface area contributed by atoms with Crippen molar-refractivity contribution in [1.29, 1.82) is 5.41 Å². The first-order chi connectivity index (χ1) is 4.34. The molecule has 1 heteroatoms. The van der Waals surface area contributed by atoms with E-state index in [-0.39, 0.29) is 0 Å². The van der Waals surface area contributed by atoms with Crippen LogP contribution in [0.25, 0.3) is 0 Å². The third-order valence-corrected chi connectivity index (χ3v) is 1.52. The highest BCUT2D eigenvalue weighted by molar-refractivity contribution is 5.99. The average Bonchev–Trinajstić information content (AvgIpc) is 1.89. The molecule has 0 unspecified atom stereocenters. The highest BCUT2D eigenvalue weighted by Crippen LogP contribution is 2.10. The van der Waals surface area contributed by atoms with Crippen molar-refractivity contribution in [3.05, 3.63) is 23.8 Å². The van der Waals surface area contributed by atoms with E-state index in [4.69, 9.17) is 5.41 Å². The maximum absolute atomic E-state index is 7.43. The van der Waals surface area contributed by atoms with Crippen LogP contribution < -0.4 is 0 Å². The van der Waals surface area contributed by atoms with Gasteiger partial charge in [0.1, 0.15) is 0 Å². The molecule has 1 rings (SSSR count). The zero-order valence-electron chi connectivity index (χ0n) is 5.65. The molecule has 0 fully saturated rings. The molecule has 0 aromatic heterocycles. The van der Waals surface area contributed by atoms with E-state index in [0.29, 0.717) is 0 Å². The van der Waals surface area contributed by atoms with Gasteiger partial charge in [0.2, 0.25) is 0 Å². The summed E-state index contributed by atoms with van der Waals surface area (Å²) in [6, 6.07) is 0. The minimum Gasteiger partial charge on any atom is -0.305 e. The maximum Gasteiger partial charge on any atom is 0.0383 e. The molecular weight excluding hydrogens is 110 g/mol. The summed E-state index contributed by atoms with van der Waals surface area (Å²) in [5, 5.41) is 7.43. The monoisotopic (exact) mass is 121 g/mol. The van der Waals surface area contributed by atoms with Crippen LogP contribution in [0.4, 0.5) is 0 Å². The first-order valence-corrected chi connectivity index (χ1v) is 3.28. The number of rotatable bonds is 1. The van der Waals surface area contributed by atoms with E-state index in [9.17, 15) is 0 Å². The highest BCUT2D eigenvalue weighted by Gasteiger charge is 2.01. The third kappa shape index (κ3) is 1.28. The largest absolute Gasteiger partial charge is 0.305 e. The first kappa shape index (κ1) is 6.27. The van der Waals surface area contributed by atoms with E-state index in [1.54, 1.807) is 0 Å². The van der Waals surface area contributed by atoms with Crippen molar-refractivity contribution < 1.29 is 0 Å². The molecule has 1 aliphatic carbocycles. The van der Waals surface area contributed by atoms with E-state index in [0.717, 1.165) is 18.6 Å². The minimum atomic E-state index is 0.778. The van der Waals surface area contributed by atoms with E-state index in [2.05, 4.69) is 6.92 Å². The van der Waals surface area contributed by atoms with Crippen LogP contribution in [0, 0.1) is 5.41 Å². The van der Waals surface area contributed by atoms with E-state index >= 15 is 0 Å². The predicted octanol–water partition coefficient (Wildman–Crippen LogP) is 2.30. The lowest BCUT2D eigenvalue weighted by Crippen LogP contribution is -2.00. The minimum absolute atomic E-state index is 0.778. The quantitative estimate of drug-likeness (QED) is 0.550. The summed E-state index contributed by atoms with van der Waals surface area (Å²) in [7, 11) is 0. The van der Waals surface area contributed by atoms with Gasteiger partial charge in [-0.25, -0.2) is 0 Å². The molecular formula is C8H11N. The molecule has 0 aliphatic heterocycles. The van der Waals surface area contributed by atoms with Gasteiger partial charge in [0.25, 0.3) is 0 Å². The summed E-state index contributed by atoms with van der Waals surface area (Å²) >= 11 is 0. The number of nitrogens with one attached hydrogen (secondary N) is 1. The molecule has 0 saturated carbocycles. The predicted molar refractivity (Wildman–Crippen MR) is 39.9 cm³/mol. The van der Waals surface area contributed by atoms with Gasteiger partial charge in [-0.1, -0.05) is 25.2 Å². The average molecular weight is 121 g/mol. The lowest BCUT2D eigenvalue weighted by molar-refractivity contribution is 1.13. The fourth-order valence-corrected chi connectivity index (χ4v) is 0.933. The molecule has 0 saturated heterocycles. The fraction of sp³-hybridized carbons (Fsp3) is 0.375. The Bertz CT molecular complexity index is 175. The van der Waals surface area contributed by atoms with Crippen molar-refractivity contribution in [2.24, 2.45) is 0 Å². The van der Waals surface area contributed by atoms with Gasteiger partial charge in [-0.2, -0.15) is 0 Å². The second-order valence-corrected chi connectivity index (χ2v) is 2.16. The molecule has 0 heterocycles. The van der Waals surface area contributed by atoms with Gasteiger partial charge in [0, 0.05) is 12.1 Å². The Hall–Kier alpha value is -0.850. The molecule has 0 radical (unpaired) electrons. The van der Waals surface area contributed by atoms with Gasteiger partial charge in [-0.05, 0) is 12.0 Å². The van der Waals surface area contributed by atoms with E-state index in [1.165, 1.54) is 5.57 Å². The molecule has 0 aromatic carbocycles. The molecule has 0 bridgehead atoms. The Morgan fingerprint density at radius 3 is 2.89 bits per heavy atom. The van der Waals surface area contributed by atoms with Crippen LogP contribution in [0.15, 0.2) is 23.8 Å². The van der Waals surface area contributed by atoms with Gasteiger partial charge in [0.05, 0.1) is 0 Å². The van der Waals surface area contributed by atoms with Crippen LogP contribution in [0.1, 0.15) is 19.8 Å². The Balaban J connectivity index is 2.74. The summed E-state index contributed by atoms with van der Waals surface area (Å²) < 4.78 is 0. The summed E-state index contributed by atoms with van der Waals surface area (Å²) in [5.41, 5.74) is 1.96. The SMILES string of the molecule is CCC1=CC=CCC1=N. The standard InChI is InChI=1S/C8H11N/c1-2-7-5-3-4-6-8(7)9/h3-5,9H,2,6H2,1H3. The van der Waals surface area contributed by atoms with Crippen LogP contribution in [-0.4, -0.2) is 5.71 Å². The zero-order valence-corrected chi connectivity index (χ0v) is 5.65. The normalized spacial score (nSPS) is 17.9. The fourth-order valence-electron chi connectivity index (χ4n) is 0.933. The highest BCUT2D eigenvalue weighted by atomic mass is 14.4. The second kappa shape index (κ2) is 2.62. The molecule has 48 valence electrons. The van der Waals surface area contributed by atoms with E-state index < -0.39 is 0 Å². The van der Waals surface area contributed by atoms with Crippen LogP contribution in [-0.2, 0) is 0 Å². The molecule has 0 amide bonds. The molecule has 1 N–H and O–H groups in total. The number of hydrogen-bond donors (Lipinski definition) is 1. The number of allylic oxidation sites excluding steroid dienone is 4. The summed E-state index contributed by atoms with van der Waals surface area (Å²) in [6.45, 7) is 2.08. The molecule has 1 nitrogen and oxygen atoms in total. The van der Waals surface area contributed by atoms with Crippen molar-refractivity contribution in [2.45, 2.75) is 19.8 Å². The van der Waals surface area contributed by atoms with Crippen molar-refractivity contribution in [3.8, 4) is 0 Å². The van der Waals surface area contributed by atoms with Gasteiger partial charge in [0.15, 0.2) is 0 Å². The Morgan fingerprint density at radius 2 is 2.44 bits per heavy atom. The Labute approximate surface area is 55.6 Å². The molecule has 0 spiro atoms. The topological polar surface area (TPSA) is 23.9 Å². The van der Waals surface area contributed by atoms with Crippen LogP contribution in [0.5, 0.6) is 0 Å². The van der Waals surface area contributed by atoms with Crippen molar-refractivity contribution in [2.75, 3.05) is 0 Å². The Kier molecular flexibility index (Phi) is 1.83. The van der Waals surface area contributed by atoms with Crippen LogP contribution in [0.3, 0.4) is 0 Å². The smallest absolute Gasteiger partial charge is 0.0383 e. The van der Waals surface area contributed by atoms with Crippen molar-refractivity contribution >= 4 is 5.71 Å². The third-order valence-electron chi connectivity index (χ3n) is 1.52. The summed E-state index contributed by atoms with van der Waals surface area (Å²) in [6.07, 6.45) is 7.87.